The lowest BCUT2D eigenvalue weighted by Gasteiger charge is -2.39. The number of nitrogens with zero attached hydrogens (tertiary/aromatic N) is 4. The summed E-state index contributed by atoms with van der Waals surface area (Å²) >= 11 is 0. The highest BCUT2D eigenvalue weighted by Crippen LogP contribution is 2.41. The number of aryl methyl sites for hydroxylation is 2. The largest absolute Gasteiger partial charge is 0.416 e. The van der Waals surface area contributed by atoms with E-state index >= 15 is 0 Å². The standard InChI is InChI=1S/C31H33F3N4O3/c1-20-9-7-12-25-28(20)37(13-8-14-41-19-22-10-5-4-6-11-22)18-23-16-27(39)38(29(23)30(40)36(25)3)26-17-24(31(32,33)34)15-21(2)35-26/h4-7,9-12,15,17,23,29H,8,13-14,16,18-19H2,1-3H3/t23-,29+/m1/s1. The van der Waals surface area contributed by atoms with Crippen LogP contribution in [0, 0.1) is 19.8 Å². The van der Waals surface area contributed by atoms with Gasteiger partial charge in [0.25, 0.3) is 0 Å². The van der Waals surface area contributed by atoms with Gasteiger partial charge in [-0.2, -0.15) is 13.2 Å². The molecule has 0 aliphatic carbocycles. The zero-order valence-corrected chi connectivity index (χ0v) is 23.3. The van der Waals surface area contributed by atoms with Gasteiger partial charge in [0.05, 0.1) is 23.5 Å². The zero-order chi connectivity index (χ0) is 29.3. The van der Waals surface area contributed by atoms with Crippen LogP contribution in [0.15, 0.2) is 60.7 Å². The van der Waals surface area contributed by atoms with Crippen molar-refractivity contribution in [2.24, 2.45) is 5.92 Å². The highest BCUT2D eigenvalue weighted by Gasteiger charge is 2.49. The van der Waals surface area contributed by atoms with E-state index in [2.05, 4.69) is 9.88 Å². The number of aromatic nitrogens is 1. The van der Waals surface area contributed by atoms with Gasteiger partial charge < -0.3 is 14.5 Å². The fourth-order valence-corrected chi connectivity index (χ4v) is 5.83. The van der Waals surface area contributed by atoms with E-state index in [1.165, 1.54) is 16.7 Å². The number of alkyl halides is 3. The third-order valence-electron chi connectivity index (χ3n) is 7.71. The summed E-state index contributed by atoms with van der Waals surface area (Å²) in [5, 5.41) is 0. The monoisotopic (exact) mass is 566 g/mol. The molecular weight excluding hydrogens is 533 g/mol. The van der Waals surface area contributed by atoms with Gasteiger partial charge in [-0.1, -0.05) is 42.5 Å². The fourth-order valence-electron chi connectivity index (χ4n) is 5.83. The molecule has 3 heterocycles. The average Bonchev–Trinajstić information content (AvgIpc) is 3.25. The lowest BCUT2D eigenvalue weighted by atomic mass is 9.95. The summed E-state index contributed by atoms with van der Waals surface area (Å²) in [4.78, 5) is 36.4. The maximum absolute atomic E-state index is 13.9. The van der Waals surface area contributed by atoms with E-state index < -0.39 is 29.6 Å². The first-order chi connectivity index (χ1) is 19.5. The van der Waals surface area contributed by atoms with Gasteiger partial charge in [-0.05, 0) is 49.6 Å². The Labute approximate surface area is 237 Å². The number of amides is 2. The smallest absolute Gasteiger partial charge is 0.377 e. The summed E-state index contributed by atoms with van der Waals surface area (Å²) in [6.07, 6.45) is -3.87. The van der Waals surface area contributed by atoms with Crippen molar-refractivity contribution in [1.29, 1.82) is 0 Å². The number of anilines is 3. The first-order valence-electron chi connectivity index (χ1n) is 13.7. The van der Waals surface area contributed by atoms with Gasteiger partial charge in [0.2, 0.25) is 11.8 Å². The highest BCUT2D eigenvalue weighted by atomic mass is 19.4. The molecule has 1 fully saturated rings. The molecule has 0 N–H and O–H groups in total. The van der Waals surface area contributed by atoms with E-state index in [9.17, 15) is 22.8 Å². The molecule has 10 heteroatoms. The summed E-state index contributed by atoms with van der Waals surface area (Å²) in [7, 11) is 1.65. The number of fused-ring (bicyclic) bond motifs is 2. The minimum atomic E-state index is -4.61. The van der Waals surface area contributed by atoms with Gasteiger partial charge in [0.1, 0.15) is 11.9 Å². The predicted octanol–water partition coefficient (Wildman–Crippen LogP) is 5.53. The molecule has 0 spiro atoms. The van der Waals surface area contributed by atoms with E-state index in [-0.39, 0.29) is 23.8 Å². The topological polar surface area (TPSA) is 66.0 Å². The number of hydrogen-bond acceptors (Lipinski definition) is 5. The van der Waals surface area contributed by atoms with Crippen LogP contribution < -0.4 is 14.7 Å². The molecule has 5 rings (SSSR count). The molecule has 0 unspecified atom stereocenters. The lowest BCUT2D eigenvalue weighted by Crippen LogP contribution is -2.52. The Hall–Kier alpha value is -3.92. The molecule has 2 aliphatic rings. The Bertz CT molecular complexity index is 1430. The van der Waals surface area contributed by atoms with Gasteiger partial charge in [-0.3, -0.25) is 14.5 Å². The van der Waals surface area contributed by atoms with E-state index in [0.717, 1.165) is 28.9 Å². The molecule has 0 bridgehead atoms. The average molecular weight is 567 g/mol. The number of carbonyl (C=O) groups excluding carboxylic acids is 2. The van der Waals surface area contributed by atoms with Crippen molar-refractivity contribution in [3.05, 3.63) is 83.0 Å². The molecule has 1 aromatic heterocycles. The predicted molar refractivity (Wildman–Crippen MR) is 151 cm³/mol. The molecule has 7 nitrogen and oxygen atoms in total. The van der Waals surface area contributed by atoms with Crippen LogP contribution in [0.25, 0.3) is 0 Å². The van der Waals surface area contributed by atoms with E-state index in [4.69, 9.17) is 4.74 Å². The van der Waals surface area contributed by atoms with Crippen LogP contribution in [0.1, 0.15) is 35.2 Å². The Kier molecular flexibility index (Phi) is 8.04. The lowest BCUT2D eigenvalue weighted by molar-refractivity contribution is -0.137. The number of carbonyl (C=O) groups is 2. The first kappa shape index (κ1) is 28.6. The van der Waals surface area contributed by atoms with Gasteiger partial charge in [-0.25, -0.2) is 4.98 Å². The number of ether oxygens (including phenoxy) is 1. The number of pyridine rings is 1. The second-order valence-electron chi connectivity index (χ2n) is 10.7. The van der Waals surface area contributed by atoms with Crippen LogP contribution in [0.2, 0.25) is 0 Å². The van der Waals surface area contributed by atoms with Crippen LogP contribution in [0.5, 0.6) is 0 Å². The molecule has 2 aliphatic heterocycles. The second-order valence-corrected chi connectivity index (χ2v) is 10.7. The van der Waals surface area contributed by atoms with Crippen molar-refractivity contribution in [1.82, 2.24) is 4.98 Å². The summed E-state index contributed by atoms with van der Waals surface area (Å²) in [5.41, 5.74) is 2.89. The zero-order valence-electron chi connectivity index (χ0n) is 23.3. The maximum atomic E-state index is 13.9. The minimum Gasteiger partial charge on any atom is -0.377 e. The van der Waals surface area contributed by atoms with E-state index in [1.54, 1.807) is 7.05 Å². The van der Waals surface area contributed by atoms with Crippen LogP contribution in [-0.4, -0.2) is 49.6 Å². The minimum absolute atomic E-state index is 0.0312. The number of hydrogen-bond donors (Lipinski definition) is 0. The van der Waals surface area contributed by atoms with Crippen molar-refractivity contribution in [2.75, 3.05) is 41.4 Å². The highest BCUT2D eigenvalue weighted by molar-refractivity contribution is 6.10. The first-order valence-corrected chi connectivity index (χ1v) is 13.7. The van der Waals surface area contributed by atoms with Crippen LogP contribution in [0.4, 0.5) is 30.4 Å². The second kappa shape index (κ2) is 11.5. The van der Waals surface area contributed by atoms with E-state index in [0.29, 0.717) is 38.4 Å². The number of benzene rings is 2. The summed E-state index contributed by atoms with van der Waals surface area (Å²) in [6, 6.07) is 16.4. The Morgan fingerprint density at radius 1 is 1.02 bits per heavy atom. The molecule has 41 heavy (non-hydrogen) atoms. The fraction of sp³-hybridized carbons (Fsp3) is 0.387. The molecule has 0 saturated carbocycles. The summed E-state index contributed by atoms with van der Waals surface area (Å²) in [6.45, 7) is 5.47. The molecular formula is C31H33F3N4O3. The number of halogens is 3. The van der Waals surface area contributed by atoms with E-state index in [1.807, 2.05) is 55.5 Å². The Balaban J connectivity index is 1.43. The van der Waals surface area contributed by atoms with Gasteiger partial charge in [0, 0.05) is 44.8 Å². The van der Waals surface area contributed by atoms with Crippen molar-refractivity contribution < 1.29 is 27.5 Å². The van der Waals surface area contributed by atoms with Crippen molar-refractivity contribution >= 4 is 29.0 Å². The van der Waals surface area contributed by atoms with Crippen LogP contribution in [0.3, 0.4) is 0 Å². The third kappa shape index (κ3) is 5.93. The summed E-state index contributed by atoms with van der Waals surface area (Å²) in [5.74, 6) is -1.35. The normalized spacial score (nSPS) is 19.2. The molecule has 0 radical (unpaired) electrons. The summed E-state index contributed by atoms with van der Waals surface area (Å²) < 4.78 is 46.8. The van der Waals surface area contributed by atoms with Gasteiger partial charge in [0.15, 0.2) is 0 Å². The molecule has 2 atom stereocenters. The van der Waals surface area contributed by atoms with Crippen LogP contribution in [-0.2, 0) is 27.1 Å². The van der Waals surface area contributed by atoms with Crippen LogP contribution >= 0.6 is 0 Å². The molecule has 3 aromatic rings. The Morgan fingerprint density at radius 3 is 2.51 bits per heavy atom. The Morgan fingerprint density at radius 2 is 1.78 bits per heavy atom. The molecule has 1 saturated heterocycles. The SMILES string of the molecule is Cc1cc(C(F)(F)F)cc(N2C(=O)C[C@@H]3CN(CCCOCc4ccccc4)c4c(C)cccc4N(C)C(=O)[C@H]32)n1. The molecule has 2 amide bonds. The van der Waals surface area contributed by atoms with Crippen molar-refractivity contribution in [3.63, 3.8) is 0 Å². The van der Waals surface area contributed by atoms with Crippen molar-refractivity contribution in [3.8, 4) is 0 Å². The number of rotatable bonds is 7. The van der Waals surface area contributed by atoms with Crippen molar-refractivity contribution in [2.45, 2.75) is 45.5 Å². The van der Waals surface area contributed by atoms with Gasteiger partial charge in [-0.15, -0.1) is 0 Å². The molecule has 2 aromatic carbocycles. The maximum Gasteiger partial charge on any atom is 0.416 e. The third-order valence-corrected chi connectivity index (χ3v) is 7.71. The molecule has 216 valence electrons. The number of para-hydroxylation sites is 1. The quantitative estimate of drug-likeness (QED) is 0.352. The number of likely N-dealkylation sites (N-methyl/N-ethyl adjacent to an activating group) is 1. The van der Waals surface area contributed by atoms with Gasteiger partial charge >= 0.3 is 6.18 Å².